The average molecular weight is 840 g/mol. The van der Waals surface area contributed by atoms with Crippen LogP contribution >= 0.6 is 39.1 Å². The van der Waals surface area contributed by atoms with Gasteiger partial charge in [0.2, 0.25) is 0 Å². The van der Waals surface area contributed by atoms with Gasteiger partial charge in [-0.3, -0.25) is 0 Å². The predicted molar refractivity (Wildman–Crippen MR) is 55.3 cm³/mol. The van der Waals surface area contributed by atoms with E-state index in [-0.39, 0.29) is 73.3 Å². The minimum absolute atomic E-state index is 0. The van der Waals surface area contributed by atoms with E-state index in [2.05, 4.69) is 0 Å². The molecule has 0 aliphatic heterocycles. The Labute approximate surface area is 207 Å². The van der Waals surface area contributed by atoms with Gasteiger partial charge in [-0.25, -0.2) is 0 Å². The van der Waals surface area contributed by atoms with Gasteiger partial charge in [0.25, 0.3) is 0 Å². The maximum Gasteiger partial charge on any atom is 5.00 e. The summed E-state index contributed by atoms with van der Waals surface area (Å²) in [5.41, 5.74) is 0. The molecule has 0 radical (unpaired) electrons. The van der Waals surface area contributed by atoms with E-state index in [4.69, 9.17) is 96.2 Å². The minimum Gasteiger partial charge on any atom is -0.822 e. The summed E-state index contributed by atoms with van der Waals surface area (Å²) in [6.45, 7) is 0. The van der Waals surface area contributed by atoms with Crippen LogP contribution in [0.3, 0.4) is 0 Å². The van der Waals surface area contributed by atoms with E-state index in [0.717, 1.165) is 0 Å². The van der Waals surface area contributed by atoms with Gasteiger partial charge in [0.1, 0.15) is 0 Å². The molecule has 28 heavy (non-hydrogen) atoms. The average Bonchev–Trinajstić information content (AvgIpc) is 1.79. The Morgan fingerprint density at radius 2 is 0.250 bits per heavy atom. The van der Waals surface area contributed by atoms with Crippen molar-refractivity contribution in [3.05, 3.63) is 0 Å². The summed E-state index contributed by atoms with van der Waals surface area (Å²) in [4.78, 5) is 128. The molecule has 0 saturated carbocycles. The van der Waals surface area contributed by atoms with E-state index in [1.807, 2.05) is 0 Å². The Morgan fingerprint density at radius 3 is 0.250 bits per heavy atom. The molecule has 0 rings (SSSR count). The smallest absolute Gasteiger partial charge is 0.822 e. The molecule has 0 aliphatic rings. The van der Waals surface area contributed by atoms with Crippen LogP contribution in [-0.4, -0.2) is 73.3 Å². The molecule has 0 saturated heterocycles. The number of hydrogen-bond acceptors (Lipinski definition) is 20. The molecular weight excluding hydrogens is 840 g/mol. The summed E-state index contributed by atoms with van der Waals surface area (Å²) in [5, 5.41) is 0. The molecule has 0 unspecified atom stereocenters. The van der Waals surface area contributed by atoms with Crippen molar-refractivity contribution in [3.63, 3.8) is 0 Å². The molecule has 0 bridgehead atoms. The maximum absolute atomic E-state index is 8.55. The van der Waals surface area contributed by atoms with Crippen molar-refractivity contribution in [3.8, 4) is 0 Å². The van der Waals surface area contributed by atoms with Crippen LogP contribution in [0.4, 0.5) is 0 Å². The van der Waals surface area contributed by atoms with Crippen molar-refractivity contribution in [2.24, 2.45) is 0 Å². The fourth-order valence-corrected chi connectivity index (χ4v) is 0. The van der Waals surface area contributed by atoms with Crippen LogP contribution in [0.25, 0.3) is 0 Å². The normalized spacial score (nSPS) is 10.5. The largest absolute Gasteiger partial charge is 5.00 e. The standard InChI is InChI=1S/5H3O4P.3Sb/c5*1-5(2,3)4;;;/h5*(H3,1,2,3,4);;;/q;;;;;3*+5/p-15. The molecule has 0 atom stereocenters. The maximum atomic E-state index is 8.55. The van der Waals surface area contributed by atoms with E-state index < -0.39 is 39.1 Å². The molecule has 0 amide bonds. The van der Waals surface area contributed by atoms with Gasteiger partial charge in [-0.1, -0.05) is 0 Å². The molecule has 0 aromatic rings. The monoisotopic (exact) mass is 837 g/mol. The fourth-order valence-electron chi connectivity index (χ4n) is 0. The van der Waals surface area contributed by atoms with Gasteiger partial charge in [0, 0.05) is 0 Å². The van der Waals surface area contributed by atoms with Crippen molar-refractivity contribution >= 4 is 112 Å². The van der Waals surface area contributed by atoms with Gasteiger partial charge < -0.3 is 96.2 Å². The Balaban J connectivity index is -0.0000000290. The molecule has 0 fully saturated rings. The summed E-state index contributed by atoms with van der Waals surface area (Å²) in [5.74, 6) is 0. The molecule has 0 N–H and O–H groups in total. The minimum atomic E-state index is -5.39. The molecular formula is O20P5Sb3. The molecule has 0 aromatic heterocycles. The van der Waals surface area contributed by atoms with Crippen molar-refractivity contribution in [1.82, 2.24) is 0 Å². The predicted octanol–water partition coefficient (Wildman–Crippen LogP) is -15.3. The van der Waals surface area contributed by atoms with Crippen molar-refractivity contribution in [2.45, 2.75) is 0 Å². The van der Waals surface area contributed by atoms with Crippen LogP contribution in [0.2, 0.25) is 0 Å². The second-order valence-electron chi connectivity index (χ2n) is 2.24. The van der Waals surface area contributed by atoms with Gasteiger partial charge in [-0.15, -0.1) is 0 Å². The molecule has 160 valence electrons. The molecule has 0 heterocycles. The fraction of sp³-hybridized carbons (Fsp3) is 0. The van der Waals surface area contributed by atoms with Gasteiger partial charge >= 0.3 is 73.3 Å². The Kier molecular flexibility index (Phi) is 43.7. The third-order valence-electron chi connectivity index (χ3n) is 0. The first-order chi connectivity index (χ1) is 10.0. The van der Waals surface area contributed by atoms with Crippen LogP contribution in [0, 0.1) is 0 Å². The first-order valence-electron chi connectivity index (χ1n) is 3.65. The van der Waals surface area contributed by atoms with E-state index in [1.54, 1.807) is 0 Å². The first kappa shape index (κ1) is 52.7. The van der Waals surface area contributed by atoms with Gasteiger partial charge in [0.15, 0.2) is 0 Å². The van der Waals surface area contributed by atoms with Crippen molar-refractivity contribution < 1.29 is 96.2 Å². The first-order valence-corrected chi connectivity index (χ1v) is 11.0. The van der Waals surface area contributed by atoms with Crippen LogP contribution in [0.5, 0.6) is 0 Å². The van der Waals surface area contributed by atoms with Crippen LogP contribution in [0.1, 0.15) is 0 Å². The van der Waals surface area contributed by atoms with Gasteiger partial charge in [-0.05, 0) is 0 Å². The zero-order chi connectivity index (χ0) is 22.5. The Morgan fingerprint density at radius 1 is 0.250 bits per heavy atom. The van der Waals surface area contributed by atoms with Gasteiger partial charge in [-0.2, -0.15) is 39.1 Å². The zero-order valence-corrected chi connectivity index (χ0v) is 23.9. The molecule has 28 heteroatoms. The molecule has 0 aromatic carbocycles. The summed E-state index contributed by atoms with van der Waals surface area (Å²) in [6.07, 6.45) is 0. The Hall–Kier alpha value is 3.00. The molecule has 20 nitrogen and oxygen atoms in total. The number of hydrogen-bond donors (Lipinski definition) is 0. The van der Waals surface area contributed by atoms with E-state index in [0.29, 0.717) is 0 Å². The van der Waals surface area contributed by atoms with E-state index in [9.17, 15) is 0 Å². The second-order valence-corrected chi connectivity index (χ2v) is 6.71. The third kappa shape index (κ3) is 2520. The Bertz CT molecular complexity index is 379. The summed E-state index contributed by atoms with van der Waals surface area (Å²) in [6, 6.07) is 0. The third-order valence-corrected chi connectivity index (χ3v) is 0. The SMILES string of the molecule is O=P([O-])([O-])[O-].O=P([O-])([O-])[O-].O=P([O-])([O-])[O-].O=P([O-])([O-])[O-].O=P([O-])([O-])[O-].[Sb+5].[Sb+5].[Sb+5]. The summed E-state index contributed by atoms with van der Waals surface area (Å²) in [7, 11) is -26.9. The number of rotatable bonds is 0. The topological polar surface area (TPSA) is 431 Å². The molecule has 0 spiro atoms. The van der Waals surface area contributed by atoms with Crippen LogP contribution < -0.4 is 73.4 Å². The summed E-state index contributed by atoms with van der Waals surface area (Å²) < 4.78 is 42.7. The zero-order valence-electron chi connectivity index (χ0n) is 11.7. The van der Waals surface area contributed by atoms with E-state index in [1.165, 1.54) is 0 Å². The second kappa shape index (κ2) is 23.2. The summed E-state index contributed by atoms with van der Waals surface area (Å²) >= 11 is 0. The van der Waals surface area contributed by atoms with Crippen molar-refractivity contribution in [2.75, 3.05) is 0 Å². The van der Waals surface area contributed by atoms with Crippen LogP contribution in [0.15, 0.2) is 0 Å². The van der Waals surface area contributed by atoms with Crippen molar-refractivity contribution in [1.29, 1.82) is 0 Å². The molecule has 0 aliphatic carbocycles. The quantitative estimate of drug-likeness (QED) is 0.161. The van der Waals surface area contributed by atoms with E-state index >= 15 is 0 Å². The van der Waals surface area contributed by atoms with Crippen LogP contribution in [-0.2, 0) is 22.8 Å². The number of phosphoric acid groups is 5. The van der Waals surface area contributed by atoms with Gasteiger partial charge in [0.05, 0.1) is 0 Å².